The first-order chi connectivity index (χ1) is 46.4. The highest BCUT2D eigenvalue weighted by atomic mass is 31.2. The summed E-state index contributed by atoms with van der Waals surface area (Å²) in [4.78, 5) is 72.8. The lowest BCUT2D eigenvalue weighted by Gasteiger charge is -2.21. The van der Waals surface area contributed by atoms with Gasteiger partial charge in [0.1, 0.15) is 19.3 Å². The van der Waals surface area contributed by atoms with E-state index in [-0.39, 0.29) is 25.7 Å². The van der Waals surface area contributed by atoms with E-state index in [0.717, 1.165) is 108 Å². The van der Waals surface area contributed by atoms with Crippen LogP contribution >= 0.6 is 15.6 Å². The molecule has 0 aromatic rings. The number of esters is 4. The Bertz CT molecular complexity index is 1860. The molecule has 0 heterocycles. The number of carbonyl (C=O) groups excluding carboxylic acids is 4. The van der Waals surface area contributed by atoms with Crippen LogP contribution in [0, 0.1) is 11.8 Å². The Hall–Kier alpha value is -1.94. The summed E-state index contributed by atoms with van der Waals surface area (Å²) >= 11 is 0. The normalized spacial score (nSPS) is 14.3. The molecule has 0 radical (unpaired) electrons. The highest BCUT2D eigenvalue weighted by Crippen LogP contribution is 2.45. The first-order valence-electron chi connectivity index (χ1n) is 40.0. The maximum Gasteiger partial charge on any atom is 0.472 e. The van der Waals surface area contributed by atoms with E-state index in [0.29, 0.717) is 25.7 Å². The van der Waals surface area contributed by atoms with Gasteiger partial charge in [-0.15, -0.1) is 0 Å². The van der Waals surface area contributed by atoms with Gasteiger partial charge in [-0.05, 0) is 37.5 Å². The summed E-state index contributed by atoms with van der Waals surface area (Å²) in [5.41, 5.74) is 0. The van der Waals surface area contributed by atoms with E-state index in [1.54, 1.807) is 0 Å². The van der Waals surface area contributed by atoms with Crippen molar-refractivity contribution in [1.29, 1.82) is 0 Å². The van der Waals surface area contributed by atoms with Gasteiger partial charge < -0.3 is 33.8 Å². The molecule has 0 rings (SSSR count). The van der Waals surface area contributed by atoms with Crippen molar-refractivity contribution >= 4 is 39.5 Å². The van der Waals surface area contributed by atoms with Crippen molar-refractivity contribution in [3.63, 3.8) is 0 Å². The minimum atomic E-state index is -4.96. The standard InChI is InChI=1S/C77H150O17P2/c1-7-10-12-14-16-18-20-22-23-24-25-26-27-28-29-33-38-42-50-56-62-77(82)93-72(65-87-74(79)59-53-47-40-36-34-30-31-35-39-45-51-57-69(4)5)67-91-95(83,84)89-63-71(78)64-90-96(85,86)92-68-73(66-88-75(80)60-54-48-44-43-46-52-58-70(6)9-3)94-76(81)61-55-49-41-37-32-21-19-17-15-13-11-8-2/h69-73,78H,7-68H2,1-6H3,(H,83,84)(H,85,86)/t70?,71-,72-,73-/m1/s1. The SMILES string of the molecule is CCCCCCCCCCCCCCCCCCCCCCC(=O)O[C@H](COC(=O)CCCCCCCCCCCCCC(C)C)COP(=O)(O)OC[C@@H](O)COP(=O)(O)OC[C@@H](COC(=O)CCCCCCCCC(C)CC)OC(=O)CCCCCCCCCCCCCC. The molecule has 19 heteroatoms. The lowest BCUT2D eigenvalue weighted by molar-refractivity contribution is -0.161. The van der Waals surface area contributed by atoms with Gasteiger partial charge >= 0.3 is 39.5 Å². The summed E-state index contributed by atoms with van der Waals surface area (Å²) < 4.78 is 68.5. The average Bonchev–Trinajstić information content (AvgIpc) is 1.70. The van der Waals surface area contributed by atoms with Crippen molar-refractivity contribution in [3.05, 3.63) is 0 Å². The summed E-state index contributed by atoms with van der Waals surface area (Å²) in [7, 11) is -9.91. The highest BCUT2D eigenvalue weighted by molar-refractivity contribution is 7.47. The number of unbranched alkanes of at least 4 members (excludes halogenated alkanes) is 45. The van der Waals surface area contributed by atoms with E-state index in [9.17, 15) is 43.2 Å². The molecule has 0 aromatic heterocycles. The number of carbonyl (C=O) groups is 4. The van der Waals surface area contributed by atoms with Crippen LogP contribution < -0.4 is 0 Å². The molecular formula is C77H150O17P2. The number of rotatable bonds is 76. The molecule has 0 amide bonds. The molecule has 570 valence electrons. The van der Waals surface area contributed by atoms with Gasteiger partial charge in [0.25, 0.3) is 0 Å². The second kappa shape index (κ2) is 68.8. The van der Waals surface area contributed by atoms with Crippen molar-refractivity contribution in [2.45, 2.75) is 419 Å². The smallest absolute Gasteiger partial charge is 0.462 e. The number of phosphoric ester groups is 2. The fourth-order valence-electron chi connectivity index (χ4n) is 11.8. The number of phosphoric acid groups is 2. The third kappa shape index (κ3) is 69.2. The summed E-state index contributed by atoms with van der Waals surface area (Å²) in [5.74, 6) is -0.613. The highest BCUT2D eigenvalue weighted by Gasteiger charge is 2.30. The van der Waals surface area contributed by atoms with E-state index in [2.05, 4.69) is 41.5 Å². The van der Waals surface area contributed by atoms with Crippen molar-refractivity contribution in [3.8, 4) is 0 Å². The van der Waals surface area contributed by atoms with Crippen LogP contribution in [0.25, 0.3) is 0 Å². The van der Waals surface area contributed by atoms with Crippen LogP contribution in [0.15, 0.2) is 0 Å². The third-order valence-corrected chi connectivity index (χ3v) is 20.2. The zero-order chi connectivity index (χ0) is 70.7. The molecule has 0 spiro atoms. The van der Waals surface area contributed by atoms with Gasteiger partial charge in [0, 0.05) is 25.7 Å². The molecular weight excluding hydrogens is 1260 g/mol. The van der Waals surface area contributed by atoms with Crippen LogP contribution in [0.3, 0.4) is 0 Å². The van der Waals surface area contributed by atoms with Crippen LogP contribution in [-0.2, 0) is 65.4 Å². The number of ether oxygens (including phenoxy) is 4. The van der Waals surface area contributed by atoms with Gasteiger partial charge in [0.15, 0.2) is 12.2 Å². The zero-order valence-electron chi connectivity index (χ0n) is 62.7. The van der Waals surface area contributed by atoms with Crippen LogP contribution in [0.1, 0.15) is 401 Å². The maximum atomic E-state index is 13.1. The number of hydrogen-bond donors (Lipinski definition) is 3. The minimum absolute atomic E-state index is 0.107. The van der Waals surface area contributed by atoms with E-state index in [1.165, 1.54) is 212 Å². The first-order valence-corrected chi connectivity index (χ1v) is 43.0. The Balaban J connectivity index is 5.22. The van der Waals surface area contributed by atoms with Gasteiger partial charge in [-0.1, -0.05) is 350 Å². The molecule has 0 saturated heterocycles. The van der Waals surface area contributed by atoms with Crippen molar-refractivity contribution in [2.75, 3.05) is 39.6 Å². The Morgan fingerprint density at radius 2 is 0.531 bits per heavy atom. The lowest BCUT2D eigenvalue weighted by atomic mass is 10.00. The van der Waals surface area contributed by atoms with E-state index >= 15 is 0 Å². The number of hydrogen-bond acceptors (Lipinski definition) is 15. The monoisotopic (exact) mass is 1410 g/mol. The lowest BCUT2D eigenvalue weighted by Crippen LogP contribution is -2.30. The van der Waals surface area contributed by atoms with Crippen LogP contribution in [-0.4, -0.2) is 96.7 Å². The van der Waals surface area contributed by atoms with E-state index in [1.807, 2.05) is 0 Å². The molecule has 0 saturated carbocycles. The Kier molecular flexibility index (Phi) is 67.4. The van der Waals surface area contributed by atoms with Gasteiger partial charge in [0.2, 0.25) is 0 Å². The molecule has 0 aliphatic rings. The minimum Gasteiger partial charge on any atom is -0.462 e. The second-order valence-electron chi connectivity index (χ2n) is 28.5. The second-order valence-corrected chi connectivity index (χ2v) is 31.4. The van der Waals surface area contributed by atoms with E-state index < -0.39 is 97.5 Å². The van der Waals surface area contributed by atoms with E-state index in [4.69, 9.17) is 37.0 Å². The topological polar surface area (TPSA) is 237 Å². The molecule has 0 aliphatic heterocycles. The van der Waals surface area contributed by atoms with Gasteiger partial charge in [-0.25, -0.2) is 9.13 Å². The van der Waals surface area contributed by atoms with Crippen LogP contribution in [0.5, 0.6) is 0 Å². The Labute approximate surface area is 588 Å². The molecule has 96 heavy (non-hydrogen) atoms. The van der Waals surface area contributed by atoms with Gasteiger partial charge in [-0.3, -0.25) is 37.3 Å². The number of aliphatic hydroxyl groups is 1. The average molecular weight is 1410 g/mol. The van der Waals surface area contributed by atoms with Crippen LogP contribution in [0.2, 0.25) is 0 Å². The third-order valence-electron chi connectivity index (χ3n) is 18.3. The fraction of sp³-hybridized carbons (Fsp3) is 0.948. The molecule has 6 atom stereocenters. The molecule has 0 bridgehead atoms. The molecule has 0 aliphatic carbocycles. The Morgan fingerprint density at radius 3 is 0.792 bits per heavy atom. The zero-order valence-corrected chi connectivity index (χ0v) is 64.5. The maximum absolute atomic E-state index is 13.1. The van der Waals surface area contributed by atoms with Crippen molar-refractivity contribution in [1.82, 2.24) is 0 Å². The van der Waals surface area contributed by atoms with Gasteiger partial charge in [-0.2, -0.15) is 0 Å². The summed E-state index contributed by atoms with van der Waals surface area (Å²) in [5, 5.41) is 10.6. The summed E-state index contributed by atoms with van der Waals surface area (Å²) in [6.07, 6.45) is 56.9. The predicted octanol–water partition coefficient (Wildman–Crippen LogP) is 22.7. The van der Waals surface area contributed by atoms with Crippen molar-refractivity contribution in [2.24, 2.45) is 11.8 Å². The fourth-order valence-corrected chi connectivity index (χ4v) is 13.4. The van der Waals surface area contributed by atoms with Gasteiger partial charge in [0.05, 0.1) is 26.4 Å². The largest absolute Gasteiger partial charge is 0.472 e. The summed E-state index contributed by atoms with van der Waals surface area (Å²) in [6.45, 7) is 9.57. The predicted molar refractivity (Wildman–Crippen MR) is 391 cm³/mol. The molecule has 0 fully saturated rings. The van der Waals surface area contributed by atoms with Crippen molar-refractivity contribution < 1.29 is 80.2 Å². The quantitative estimate of drug-likeness (QED) is 0.0222. The molecule has 3 N–H and O–H groups in total. The number of aliphatic hydroxyl groups excluding tert-OH is 1. The molecule has 3 unspecified atom stereocenters. The molecule has 0 aromatic carbocycles. The first kappa shape index (κ1) is 94.1. The Morgan fingerprint density at radius 1 is 0.302 bits per heavy atom. The van der Waals surface area contributed by atoms with Crippen LogP contribution in [0.4, 0.5) is 0 Å². The molecule has 17 nitrogen and oxygen atoms in total. The summed E-state index contributed by atoms with van der Waals surface area (Å²) in [6, 6.07) is 0.